The minimum absolute atomic E-state index is 0.152. The highest BCUT2D eigenvalue weighted by Gasteiger charge is 2.26. The van der Waals surface area contributed by atoms with E-state index in [0.29, 0.717) is 6.42 Å². The van der Waals surface area contributed by atoms with Crippen molar-refractivity contribution in [1.29, 1.82) is 0 Å². The van der Waals surface area contributed by atoms with Gasteiger partial charge in [0.1, 0.15) is 5.75 Å². The van der Waals surface area contributed by atoms with Crippen molar-refractivity contribution in [3.63, 3.8) is 0 Å². The van der Waals surface area contributed by atoms with Crippen LogP contribution in [-0.2, 0) is 11.2 Å². The van der Waals surface area contributed by atoms with E-state index >= 15 is 0 Å². The molecule has 132 valence electrons. The second-order valence-electron chi connectivity index (χ2n) is 6.71. The number of hydrogen-bond donors (Lipinski definition) is 0. The van der Waals surface area contributed by atoms with E-state index in [1.54, 1.807) is 7.11 Å². The van der Waals surface area contributed by atoms with Crippen LogP contribution in [0, 0.1) is 6.92 Å². The number of ether oxygens (including phenoxy) is 1. The highest BCUT2D eigenvalue weighted by Crippen LogP contribution is 2.31. The van der Waals surface area contributed by atoms with Gasteiger partial charge in [-0.3, -0.25) is 9.78 Å². The first-order valence-corrected chi connectivity index (χ1v) is 9.02. The van der Waals surface area contributed by atoms with Crippen molar-refractivity contribution in [3.05, 3.63) is 59.4 Å². The van der Waals surface area contributed by atoms with Crippen LogP contribution in [0.3, 0.4) is 0 Å². The molecule has 4 nitrogen and oxygen atoms in total. The third-order valence-corrected chi connectivity index (χ3v) is 4.90. The zero-order valence-corrected chi connectivity index (χ0v) is 15.1. The monoisotopic (exact) mass is 338 g/mol. The maximum absolute atomic E-state index is 13.0. The van der Waals surface area contributed by atoms with E-state index in [-0.39, 0.29) is 11.9 Å². The quantitative estimate of drug-likeness (QED) is 0.843. The smallest absolute Gasteiger partial charge is 0.227 e. The second kappa shape index (κ2) is 8.15. The SMILES string of the molecule is COc1ccc([C@@H]2CCCCCN2C(=O)Cc2ccc(C)nc2)cc1. The molecule has 1 saturated heterocycles. The summed E-state index contributed by atoms with van der Waals surface area (Å²) in [5.74, 6) is 1.04. The van der Waals surface area contributed by atoms with Crippen molar-refractivity contribution in [3.8, 4) is 5.75 Å². The van der Waals surface area contributed by atoms with E-state index in [9.17, 15) is 4.79 Å². The summed E-state index contributed by atoms with van der Waals surface area (Å²) in [5, 5.41) is 0. The lowest BCUT2D eigenvalue weighted by Crippen LogP contribution is -2.35. The highest BCUT2D eigenvalue weighted by molar-refractivity contribution is 5.79. The van der Waals surface area contributed by atoms with E-state index in [1.807, 2.05) is 37.4 Å². The van der Waals surface area contributed by atoms with E-state index < -0.39 is 0 Å². The zero-order valence-electron chi connectivity index (χ0n) is 15.1. The molecule has 1 aromatic carbocycles. The molecule has 1 aromatic heterocycles. The van der Waals surface area contributed by atoms with Crippen LogP contribution < -0.4 is 4.74 Å². The lowest BCUT2D eigenvalue weighted by Gasteiger charge is -2.31. The molecule has 0 unspecified atom stereocenters. The fourth-order valence-electron chi connectivity index (χ4n) is 3.46. The van der Waals surface area contributed by atoms with E-state index in [0.717, 1.165) is 42.8 Å². The molecule has 3 rings (SSSR count). The van der Waals surface area contributed by atoms with Crippen LogP contribution in [-0.4, -0.2) is 29.4 Å². The van der Waals surface area contributed by atoms with Gasteiger partial charge in [0.05, 0.1) is 19.6 Å². The van der Waals surface area contributed by atoms with Crippen LogP contribution >= 0.6 is 0 Å². The van der Waals surface area contributed by atoms with Gasteiger partial charge in [0.2, 0.25) is 5.91 Å². The Labute approximate surface area is 149 Å². The largest absolute Gasteiger partial charge is 0.497 e. The van der Waals surface area contributed by atoms with Crippen LogP contribution in [0.5, 0.6) is 5.75 Å². The Morgan fingerprint density at radius 1 is 1.16 bits per heavy atom. The van der Waals surface area contributed by atoms with E-state index in [1.165, 1.54) is 12.0 Å². The number of hydrogen-bond acceptors (Lipinski definition) is 3. The van der Waals surface area contributed by atoms with Gasteiger partial charge in [-0.2, -0.15) is 0 Å². The molecule has 0 aliphatic carbocycles. The van der Waals surface area contributed by atoms with Gasteiger partial charge < -0.3 is 9.64 Å². The molecule has 0 bridgehead atoms. The van der Waals surface area contributed by atoms with Gasteiger partial charge in [-0.15, -0.1) is 0 Å². The van der Waals surface area contributed by atoms with Crippen molar-refractivity contribution < 1.29 is 9.53 Å². The first-order valence-electron chi connectivity index (χ1n) is 9.02. The molecule has 0 spiro atoms. The summed E-state index contributed by atoms with van der Waals surface area (Å²) in [4.78, 5) is 19.4. The summed E-state index contributed by atoms with van der Waals surface area (Å²) in [6, 6.07) is 12.2. The van der Waals surface area contributed by atoms with Crippen LogP contribution in [0.2, 0.25) is 0 Å². The number of aryl methyl sites for hydroxylation is 1. The van der Waals surface area contributed by atoms with Crippen LogP contribution in [0.25, 0.3) is 0 Å². The number of benzene rings is 1. The first-order chi connectivity index (χ1) is 12.2. The Bertz CT molecular complexity index is 695. The average Bonchev–Trinajstić information content (AvgIpc) is 2.90. The minimum Gasteiger partial charge on any atom is -0.497 e. The Balaban J connectivity index is 1.79. The summed E-state index contributed by atoms with van der Waals surface area (Å²) in [5.41, 5.74) is 3.15. The summed E-state index contributed by atoms with van der Waals surface area (Å²) in [7, 11) is 1.67. The third-order valence-electron chi connectivity index (χ3n) is 4.90. The summed E-state index contributed by atoms with van der Waals surface area (Å²) in [6.45, 7) is 2.79. The van der Waals surface area contributed by atoms with Crippen molar-refractivity contribution in [1.82, 2.24) is 9.88 Å². The van der Waals surface area contributed by atoms with E-state index in [4.69, 9.17) is 4.74 Å². The second-order valence-corrected chi connectivity index (χ2v) is 6.71. The molecule has 1 atom stereocenters. The third kappa shape index (κ3) is 4.38. The minimum atomic E-state index is 0.152. The highest BCUT2D eigenvalue weighted by atomic mass is 16.5. The number of carbonyl (C=O) groups is 1. The molecular weight excluding hydrogens is 312 g/mol. The fourth-order valence-corrected chi connectivity index (χ4v) is 3.46. The number of pyridine rings is 1. The molecule has 1 aliphatic rings. The summed E-state index contributed by atoms with van der Waals surface area (Å²) >= 11 is 0. The molecule has 0 saturated carbocycles. The molecule has 0 N–H and O–H groups in total. The van der Waals surface area contributed by atoms with Crippen molar-refractivity contribution >= 4 is 5.91 Å². The molecule has 0 radical (unpaired) electrons. The van der Waals surface area contributed by atoms with Gasteiger partial charge in [-0.05, 0) is 49.1 Å². The van der Waals surface area contributed by atoms with Gasteiger partial charge in [0.25, 0.3) is 0 Å². The number of carbonyl (C=O) groups excluding carboxylic acids is 1. The molecule has 4 heteroatoms. The number of amides is 1. The Morgan fingerprint density at radius 2 is 1.96 bits per heavy atom. The van der Waals surface area contributed by atoms with E-state index in [2.05, 4.69) is 22.0 Å². The normalized spacial score (nSPS) is 17.8. The number of likely N-dealkylation sites (tertiary alicyclic amines) is 1. The van der Waals surface area contributed by atoms with Crippen LogP contribution in [0.4, 0.5) is 0 Å². The van der Waals surface area contributed by atoms with Crippen molar-refractivity contribution in [2.75, 3.05) is 13.7 Å². The van der Waals surface area contributed by atoms with Gasteiger partial charge >= 0.3 is 0 Å². The summed E-state index contributed by atoms with van der Waals surface area (Å²) in [6.07, 6.45) is 6.66. The Hall–Kier alpha value is -2.36. The van der Waals surface area contributed by atoms with Gasteiger partial charge in [-0.25, -0.2) is 0 Å². The predicted molar refractivity (Wildman–Crippen MR) is 98.6 cm³/mol. The molecule has 1 aliphatic heterocycles. The number of rotatable bonds is 4. The van der Waals surface area contributed by atoms with Crippen molar-refractivity contribution in [2.45, 2.75) is 45.1 Å². The summed E-state index contributed by atoms with van der Waals surface area (Å²) < 4.78 is 5.26. The Kier molecular flexibility index (Phi) is 5.69. The lowest BCUT2D eigenvalue weighted by atomic mass is 10.00. The van der Waals surface area contributed by atoms with Crippen molar-refractivity contribution in [2.24, 2.45) is 0 Å². The predicted octanol–water partition coefficient (Wildman–Crippen LogP) is 4.09. The molecule has 25 heavy (non-hydrogen) atoms. The standard InChI is InChI=1S/C21H26N2O2/c1-16-7-8-17(15-22-16)14-21(24)23-13-5-3-4-6-20(23)18-9-11-19(25-2)12-10-18/h7-12,15,20H,3-6,13-14H2,1-2H3/t20-/m0/s1. The molecule has 2 heterocycles. The van der Waals surface area contributed by atoms with Crippen LogP contribution in [0.1, 0.15) is 48.5 Å². The number of nitrogens with zero attached hydrogens (tertiary/aromatic N) is 2. The van der Waals surface area contributed by atoms with Gasteiger partial charge in [0, 0.05) is 18.4 Å². The van der Waals surface area contributed by atoms with Gasteiger partial charge in [0.15, 0.2) is 0 Å². The topological polar surface area (TPSA) is 42.4 Å². The molecular formula is C21H26N2O2. The lowest BCUT2D eigenvalue weighted by molar-refractivity contribution is -0.132. The maximum atomic E-state index is 13.0. The molecule has 2 aromatic rings. The fraction of sp³-hybridized carbons (Fsp3) is 0.429. The maximum Gasteiger partial charge on any atom is 0.227 e. The number of methoxy groups -OCH3 is 1. The number of aromatic nitrogens is 1. The molecule has 1 fully saturated rings. The van der Waals surface area contributed by atoms with Crippen LogP contribution in [0.15, 0.2) is 42.6 Å². The first kappa shape index (κ1) is 17.5. The van der Waals surface area contributed by atoms with Gasteiger partial charge in [-0.1, -0.05) is 31.0 Å². The zero-order chi connectivity index (χ0) is 17.6. The Morgan fingerprint density at radius 3 is 2.64 bits per heavy atom. The molecule has 1 amide bonds. The average molecular weight is 338 g/mol.